The minimum atomic E-state index is -1.54. The van der Waals surface area contributed by atoms with E-state index >= 15 is 0 Å². The van der Waals surface area contributed by atoms with Crippen molar-refractivity contribution < 1.29 is 44.2 Å². The standard InChI is InChI=1S/C53H92O9/c1-3-5-7-9-11-13-15-17-19-21-22-23-24-25-27-29-31-33-35-37-39-41-43-59-45-47(46-60-53-52(58)51(57)50(56)48(44-54)62-53)61-49(55)42-40-38-36-34-32-30-28-26-20-18-16-14-12-10-8-6-4-2/h5,7,11,13,17-20,22-23,25,27,47-48,50-54,56-58H,3-4,6,8-10,12,14-16,21,24,26,28-46H2,1-2H3/b7-5-,13-11-,19-17-,20-18-,23-22-,27-25-. The number of esters is 1. The van der Waals surface area contributed by atoms with Crippen molar-refractivity contribution in [2.45, 2.75) is 230 Å². The summed E-state index contributed by atoms with van der Waals surface area (Å²) in [5.41, 5.74) is 0. The molecule has 358 valence electrons. The summed E-state index contributed by atoms with van der Waals surface area (Å²) < 4.78 is 22.9. The van der Waals surface area contributed by atoms with Crippen LogP contribution in [0.5, 0.6) is 0 Å². The van der Waals surface area contributed by atoms with Crippen LogP contribution in [0.1, 0.15) is 194 Å². The van der Waals surface area contributed by atoms with Gasteiger partial charge >= 0.3 is 5.97 Å². The fraction of sp³-hybridized carbons (Fsp3) is 0.755. The summed E-state index contributed by atoms with van der Waals surface area (Å²) in [6.07, 6.45) is 50.7. The molecule has 0 aliphatic carbocycles. The normalized spacial score (nSPS) is 20.4. The van der Waals surface area contributed by atoms with E-state index in [-0.39, 0.29) is 19.2 Å². The van der Waals surface area contributed by atoms with Crippen molar-refractivity contribution in [2.75, 3.05) is 26.4 Å². The zero-order valence-corrected chi connectivity index (χ0v) is 39.3. The van der Waals surface area contributed by atoms with Crippen molar-refractivity contribution in [1.29, 1.82) is 0 Å². The third kappa shape index (κ3) is 34.1. The molecule has 1 aliphatic rings. The summed E-state index contributed by atoms with van der Waals surface area (Å²) >= 11 is 0. The number of ether oxygens (including phenoxy) is 4. The zero-order chi connectivity index (χ0) is 45.0. The molecule has 9 nitrogen and oxygen atoms in total. The molecule has 0 spiro atoms. The second kappa shape index (κ2) is 43.9. The van der Waals surface area contributed by atoms with Gasteiger partial charge in [0.1, 0.15) is 30.5 Å². The first-order chi connectivity index (χ1) is 30.4. The van der Waals surface area contributed by atoms with Gasteiger partial charge in [0, 0.05) is 13.0 Å². The summed E-state index contributed by atoms with van der Waals surface area (Å²) in [6.45, 7) is 4.40. The van der Waals surface area contributed by atoms with Crippen molar-refractivity contribution in [2.24, 2.45) is 0 Å². The van der Waals surface area contributed by atoms with Gasteiger partial charge in [0.05, 0.1) is 19.8 Å². The monoisotopic (exact) mass is 873 g/mol. The lowest BCUT2D eigenvalue weighted by Crippen LogP contribution is -2.59. The van der Waals surface area contributed by atoms with Gasteiger partial charge in [-0.15, -0.1) is 0 Å². The SMILES string of the molecule is CC/C=C\C/C=C\C/C=C\C/C=C\C/C=C\CCCCCCCCOCC(COC1OC(CO)C(O)C(O)C1O)OC(=O)CCCCCCCCC/C=C\CCCCCCCC. The number of rotatable bonds is 42. The van der Waals surface area contributed by atoms with Gasteiger partial charge in [-0.2, -0.15) is 0 Å². The van der Waals surface area contributed by atoms with Gasteiger partial charge in [-0.1, -0.05) is 177 Å². The fourth-order valence-corrected chi connectivity index (χ4v) is 7.22. The highest BCUT2D eigenvalue weighted by atomic mass is 16.7. The molecule has 0 aromatic rings. The Morgan fingerprint density at radius 2 is 0.984 bits per heavy atom. The zero-order valence-electron chi connectivity index (χ0n) is 39.3. The van der Waals surface area contributed by atoms with Crippen LogP contribution >= 0.6 is 0 Å². The van der Waals surface area contributed by atoms with Gasteiger partial charge in [-0.25, -0.2) is 0 Å². The number of allylic oxidation sites excluding steroid dienone is 12. The minimum Gasteiger partial charge on any atom is -0.457 e. The summed E-state index contributed by atoms with van der Waals surface area (Å²) in [6, 6.07) is 0. The van der Waals surface area contributed by atoms with Crippen LogP contribution in [0.4, 0.5) is 0 Å². The van der Waals surface area contributed by atoms with Gasteiger partial charge in [-0.05, 0) is 83.5 Å². The van der Waals surface area contributed by atoms with E-state index in [1.54, 1.807) is 0 Å². The number of unbranched alkanes of at least 4 members (excludes halogenated alkanes) is 19. The van der Waals surface area contributed by atoms with Crippen LogP contribution in [0.25, 0.3) is 0 Å². The maximum atomic E-state index is 12.8. The molecule has 9 heteroatoms. The largest absolute Gasteiger partial charge is 0.457 e. The number of carbonyl (C=O) groups is 1. The van der Waals surface area contributed by atoms with E-state index in [0.717, 1.165) is 77.0 Å². The average molecular weight is 873 g/mol. The van der Waals surface area contributed by atoms with Crippen molar-refractivity contribution in [3.8, 4) is 0 Å². The number of aliphatic hydroxyl groups is 4. The molecular formula is C53H92O9. The molecule has 0 radical (unpaired) electrons. The lowest BCUT2D eigenvalue weighted by atomic mass is 9.99. The quantitative estimate of drug-likeness (QED) is 0.0269. The molecule has 0 aromatic heterocycles. The van der Waals surface area contributed by atoms with Gasteiger partial charge in [0.25, 0.3) is 0 Å². The van der Waals surface area contributed by atoms with Gasteiger partial charge in [0.2, 0.25) is 0 Å². The molecule has 0 aromatic carbocycles. The van der Waals surface area contributed by atoms with Crippen LogP contribution in [0.3, 0.4) is 0 Å². The topological polar surface area (TPSA) is 135 Å². The van der Waals surface area contributed by atoms with Gasteiger partial charge in [-0.3, -0.25) is 4.79 Å². The first kappa shape index (κ1) is 57.6. The van der Waals surface area contributed by atoms with Crippen molar-refractivity contribution >= 4 is 5.97 Å². The molecule has 1 heterocycles. The molecule has 1 aliphatic heterocycles. The minimum absolute atomic E-state index is 0.124. The molecule has 0 bridgehead atoms. The Morgan fingerprint density at radius 1 is 0.532 bits per heavy atom. The summed E-state index contributed by atoms with van der Waals surface area (Å²) in [5, 5.41) is 40.2. The van der Waals surface area contributed by atoms with E-state index in [9.17, 15) is 25.2 Å². The predicted molar refractivity (Wildman–Crippen MR) is 256 cm³/mol. The van der Waals surface area contributed by atoms with E-state index in [1.807, 2.05) is 0 Å². The average Bonchev–Trinajstić information content (AvgIpc) is 3.27. The van der Waals surface area contributed by atoms with E-state index in [2.05, 4.69) is 86.8 Å². The van der Waals surface area contributed by atoms with E-state index in [4.69, 9.17) is 18.9 Å². The summed E-state index contributed by atoms with van der Waals surface area (Å²) in [5.74, 6) is -0.326. The van der Waals surface area contributed by atoms with Crippen LogP contribution in [-0.2, 0) is 23.7 Å². The lowest BCUT2D eigenvalue weighted by molar-refractivity contribution is -0.305. The maximum Gasteiger partial charge on any atom is 0.306 e. The van der Waals surface area contributed by atoms with Crippen molar-refractivity contribution in [1.82, 2.24) is 0 Å². The fourth-order valence-electron chi connectivity index (χ4n) is 7.22. The Morgan fingerprint density at radius 3 is 1.50 bits per heavy atom. The summed E-state index contributed by atoms with van der Waals surface area (Å²) in [7, 11) is 0. The molecule has 0 amide bonds. The molecular weight excluding hydrogens is 781 g/mol. The Labute approximate surface area is 378 Å². The smallest absolute Gasteiger partial charge is 0.306 e. The molecule has 1 rings (SSSR count). The van der Waals surface area contributed by atoms with Crippen molar-refractivity contribution in [3.63, 3.8) is 0 Å². The maximum absolute atomic E-state index is 12.8. The number of carbonyl (C=O) groups excluding carboxylic acids is 1. The van der Waals surface area contributed by atoms with Crippen LogP contribution < -0.4 is 0 Å². The second-order valence-electron chi connectivity index (χ2n) is 16.9. The highest BCUT2D eigenvalue weighted by Gasteiger charge is 2.44. The van der Waals surface area contributed by atoms with Crippen LogP contribution in [0.15, 0.2) is 72.9 Å². The molecule has 6 atom stereocenters. The Balaban J connectivity index is 2.24. The lowest BCUT2D eigenvalue weighted by Gasteiger charge is -2.39. The van der Waals surface area contributed by atoms with E-state index in [0.29, 0.717) is 13.0 Å². The Bertz CT molecular complexity index is 1180. The second-order valence-corrected chi connectivity index (χ2v) is 16.9. The Kier molecular flexibility index (Phi) is 40.8. The van der Waals surface area contributed by atoms with E-state index < -0.39 is 43.4 Å². The molecule has 6 unspecified atom stereocenters. The molecule has 4 N–H and O–H groups in total. The number of aliphatic hydroxyl groups excluding tert-OH is 4. The molecule has 1 saturated heterocycles. The predicted octanol–water partition coefficient (Wildman–Crippen LogP) is 12.0. The molecule has 1 fully saturated rings. The van der Waals surface area contributed by atoms with Crippen molar-refractivity contribution in [3.05, 3.63) is 72.9 Å². The van der Waals surface area contributed by atoms with Crippen LogP contribution in [0, 0.1) is 0 Å². The molecule has 0 saturated carbocycles. The number of hydrogen-bond acceptors (Lipinski definition) is 9. The third-order valence-electron chi connectivity index (χ3n) is 11.1. The molecule has 62 heavy (non-hydrogen) atoms. The van der Waals surface area contributed by atoms with E-state index in [1.165, 1.54) is 96.3 Å². The summed E-state index contributed by atoms with van der Waals surface area (Å²) in [4.78, 5) is 12.8. The Hall–Kier alpha value is -2.37. The first-order valence-corrected chi connectivity index (χ1v) is 25.0. The number of hydrogen-bond donors (Lipinski definition) is 4. The highest BCUT2D eigenvalue weighted by molar-refractivity contribution is 5.69. The van der Waals surface area contributed by atoms with Crippen LogP contribution in [-0.4, -0.2) is 89.6 Å². The van der Waals surface area contributed by atoms with Crippen LogP contribution in [0.2, 0.25) is 0 Å². The van der Waals surface area contributed by atoms with Gasteiger partial charge in [0.15, 0.2) is 6.29 Å². The highest BCUT2D eigenvalue weighted by Crippen LogP contribution is 2.22. The third-order valence-corrected chi connectivity index (χ3v) is 11.1. The van der Waals surface area contributed by atoms with Gasteiger partial charge < -0.3 is 39.4 Å². The first-order valence-electron chi connectivity index (χ1n) is 25.0.